The van der Waals surface area contributed by atoms with Gasteiger partial charge in [0.25, 0.3) is 0 Å². The van der Waals surface area contributed by atoms with Crippen LogP contribution in [-0.4, -0.2) is 0 Å². The van der Waals surface area contributed by atoms with Crippen molar-refractivity contribution in [3.63, 3.8) is 0 Å². The van der Waals surface area contributed by atoms with Gasteiger partial charge in [0.15, 0.2) is 0 Å². The summed E-state index contributed by atoms with van der Waals surface area (Å²) in [6.45, 7) is 0. The molecule has 2 nitrogen and oxygen atoms in total. The fraction of sp³-hybridized carbons (Fsp3) is 0. The highest BCUT2D eigenvalue weighted by Gasteiger charge is 2.18. The molecule has 0 atom stereocenters. The highest BCUT2D eigenvalue weighted by molar-refractivity contribution is 6.06. The number of anilines is 5. The van der Waals surface area contributed by atoms with Crippen LogP contribution < -0.4 is 10.2 Å². The van der Waals surface area contributed by atoms with Crippen molar-refractivity contribution in [1.29, 1.82) is 0 Å². The van der Waals surface area contributed by atoms with Crippen molar-refractivity contribution in [3.8, 4) is 33.4 Å². The molecule has 246 valence electrons. The zero-order chi connectivity index (χ0) is 34.7. The van der Waals surface area contributed by atoms with Crippen LogP contribution in [0, 0.1) is 0 Å². The zero-order valence-electron chi connectivity index (χ0n) is 28.7. The minimum absolute atomic E-state index is 1.06. The smallest absolute Gasteiger partial charge is 0.0540 e. The Kier molecular flexibility index (Phi) is 8.24. The highest BCUT2D eigenvalue weighted by Crippen LogP contribution is 2.43. The molecule has 0 amide bonds. The number of hydrogen-bond donors (Lipinski definition) is 1. The largest absolute Gasteiger partial charge is 0.355 e. The number of hydrogen-bond acceptors (Lipinski definition) is 2. The lowest BCUT2D eigenvalue weighted by Crippen LogP contribution is -2.10. The van der Waals surface area contributed by atoms with Gasteiger partial charge in [-0.15, -0.1) is 0 Å². The molecule has 0 radical (unpaired) electrons. The van der Waals surface area contributed by atoms with Gasteiger partial charge in [0, 0.05) is 33.5 Å². The molecule has 9 rings (SSSR count). The van der Waals surface area contributed by atoms with Crippen molar-refractivity contribution in [1.82, 2.24) is 0 Å². The SMILES string of the molecule is c1ccc(-c2ccc(N(c3ccc(-c4ccccc4)cc3)c3ccc(-c4ccc(Nc5cccc6ccccc56)cc4)c4ccccc34)cc2)cc1. The summed E-state index contributed by atoms with van der Waals surface area (Å²) >= 11 is 0. The van der Waals surface area contributed by atoms with Crippen LogP contribution in [0.15, 0.2) is 212 Å². The van der Waals surface area contributed by atoms with Crippen LogP contribution in [0.1, 0.15) is 0 Å². The van der Waals surface area contributed by atoms with Crippen LogP contribution in [0.2, 0.25) is 0 Å². The first-order valence-electron chi connectivity index (χ1n) is 17.8. The summed E-state index contributed by atoms with van der Waals surface area (Å²) in [4.78, 5) is 2.38. The number of nitrogens with one attached hydrogen (secondary N) is 1. The van der Waals surface area contributed by atoms with E-state index in [-0.39, 0.29) is 0 Å². The van der Waals surface area contributed by atoms with Gasteiger partial charge in [0.2, 0.25) is 0 Å². The number of nitrogens with zero attached hydrogens (tertiary/aromatic N) is 1. The molecule has 9 aromatic rings. The molecule has 0 aliphatic rings. The number of fused-ring (bicyclic) bond motifs is 2. The molecule has 0 saturated carbocycles. The molecular weight excluding hydrogens is 629 g/mol. The maximum atomic E-state index is 3.65. The van der Waals surface area contributed by atoms with E-state index in [4.69, 9.17) is 0 Å². The normalized spacial score (nSPS) is 11.1. The van der Waals surface area contributed by atoms with Gasteiger partial charge in [-0.2, -0.15) is 0 Å². The average Bonchev–Trinajstić information content (AvgIpc) is 3.23. The Morgan fingerprint density at radius 1 is 0.308 bits per heavy atom. The molecular formula is C50H36N2. The van der Waals surface area contributed by atoms with Gasteiger partial charge < -0.3 is 10.2 Å². The van der Waals surface area contributed by atoms with Crippen molar-refractivity contribution in [2.45, 2.75) is 0 Å². The van der Waals surface area contributed by atoms with E-state index in [0.717, 1.165) is 28.4 Å². The monoisotopic (exact) mass is 664 g/mol. The summed E-state index contributed by atoms with van der Waals surface area (Å²) in [5, 5.41) is 8.49. The molecule has 0 aliphatic carbocycles. The van der Waals surface area contributed by atoms with Gasteiger partial charge in [-0.3, -0.25) is 0 Å². The second kappa shape index (κ2) is 13.8. The Hall–Kier alpha value is -6.90. The summed E-state index contributed by atoms with van der Waals surface area (Å²) in [5.74, 6) is 0. The first-order valence-corrected chi connectivity index (χ1v) is 17.8. The lowest BCUT2D eigenvalue weighted by atomic mass is 9.96. The molecule has 0 unspecified atom stereocenters. The van der Waals surface area contributed by atoms with Crippen LogP contribution >= 0.6 is 0 Å². The molecule has 2 heteroatoms. The predicted octanol–water partition coefficient (Wildman–Crippen LogP) is 14.2. The maximum Gasteiger partial charge on any atom is 0.0540 e. The van der Waals surface area contributed by atoms with E-state index >= 15 is 0 Å². The van der Waals surface area contributed by atoms with Gasteiger partial charge in [0.05, 0.1) is 5.69 Å². The van der Waals surface area contributed by atoms with Gasteiger partial charge in [-0.1, -0.05) is 164 Å². The molecule has 0 aromatic heterocycles. The zero-order valence-corrected chi connectivity index (χ0v) is 28.7. The van der Waals surface area contributed by atoms with E-state index in [2.05, 4.69) is 223 Å². The second-order valence-corrected chi connectivity index (χ2v) is 13.1. The Morgan fingerprint density at radius 3 is 1.40 bits per heavy atom. The fourth-order valence-corrected chi connectivity index (χ4v) is 7.25. The molecule has 1 N–H and O–H groups in total. The molecule has 0 aliphatic heterocycles. The van der Waals surface area contributed by atoms with E-state index in [1.54, 1.807) is 0 Å². The van der Waals surface area contributed by atoms with E-state index < -0.39 is 0 Å². The van der Waals surface area contributed by atoms with Gasteiger partial charge in [-0.05, 0) is 92.7 Å². The van der Waals surface area contributed by atoms with Crippen LogP contribution in [-0.2, 0) is 0 Å². The van der Waals surface area contributed by atoms with Gasteiger partial charge >= 0.3 is 0 Å². The Bertz CT molecular complexity index is 2520. The number of rotatable bonds is 8. The predicted molar refractivity (Wildman–Crippen MR) is 222 cm³/mol. The molecule has 9 aromatic carbocycles. The topological polar surface area (TPSA) is 15.3 Å². The van der Waals surface area contributed by atoms with Crippen LogP contribution in [0.4, 0.5) is 28.4 Å². The maximum absolute atomic E-state index is 3.65. The van der Waals surface area contributed by atoms with Crippen molar-refractivity contribution in [3.05, 3.63) is 212 Å². The van der Waals surface area contributed by atoms with Gasteiger partial charge in [0.1, 0.15) is 0 Å². The summed E-state index contributed by atoms with van der Waals surface area (Å²) in [7, 11) is 0. The first-order chi connectivity index (χ1) is 25.8. The third-order valence-electron chi connectivity index (χ3n) is 9.87. The summed E-state index contributed by atoms with van der Waals surface area (Å²) in [6, 6.07) is 75.9. The molecule has 0 saturated heterocycles. The Balaban J connectivity index is 1.10. The Labute approximate surface area is 304 Å². The lowest BCUT2D eigenvalue weighted by molar-refractivity contribution is 1.30. The van der Waals surface area contributed by atoms with Crippen molar-refractivity contribution < 1.29 is 0 Å². The van der Waals surface area contributed by atoms with Gasteiger partial charge in [-0.25, -0.2) is 0 Å². The van der Waals surface area contributed by atoms with Crippen LogP contribution in [0.25, 0.3) is 54.9 Å². The van der Waals surface area contributed by atoms with Crippen LogP contribution in [0.3, 0.4) is 0 Å². The van der Waals surface area contributed by atoms with E-state index in [0.29, 0.717) is 0 Å². The van der Waals surface area contributed by atoms with Crippen molar-refractivity contribution in [2.75, 3.05) is 10.2 Å². The van der Waals surface area contributed by atoms with E-state index in [9.17, 15) is 0 Å². The first kappa shape index (κ1) is 31.1. The van der Waals surface area contributed by atoms with Crippen molar-refractivity contribution >= 4 is 50.0 Å². The molecule has 0 fully saturated rings. The molecule has 0 spiro atoms. The highest BCUT2D eigenvalue weighted by atomic mass is 15.1. The van der Waals surface area contributed by atoms with E-state index in [1.165, 1.54) is 54.9 Å². The van der Waals surface area contributed by atoms with Crippen LogP contribution in [0.5, 0.6) is 0 Å². The average molecular weight is 665 g/mol. The third kappa shape index (κ3) is 6.08. The summed E-state index contributed by atoms with van der Waals surface area (Å²) in [6.07, 6.45) is 0. The minimum atomic E-state index is 1.06. The summed E-state index contributed by atoms with van der Waals surface area (Å²) < 4.78 is 0. The quantitative estimate of drug-likeness (QED) is 0.174. The summed E-state index contributed by atoms with van der Waals surface area (Å²) in [5.41, 5.74) is 12.7. The third-order valence-corrected chi connectivity index (χ3v) is 9.87. The standard InChI is InChI=1S/C50H36N2/c1-3-12-36(13-4-1)38-24-30-43(31-25-38)52(44-32-26-39(27-33-44)37-14-5-2-6-15-37)50-35-34-45(47-19-9-10-20-48(47)50)41-22-28-42(29-23-41)51-49-21-11-17-40-16-7-8-18-46(40)49/h1-35,51H. The lowest BCUT2D eigenvalue weighted by Gasteiger charge is -2.28. The second-order valence-electron chi connectivity index (χ2n) is 13.1. The van der Waals surface area contributed by atoms with Crippen molar-refractivity contribution in [2.24, 2.45) is 0 Å². The minimum Gasteiger partial charge on any atom is -0.355 e. The fourth-order valence-electron chi connectivity index (χ4n) is 7.25. The molecule has 0 heterocycles. The number of benzene rings is 9. The van der Waals surface area contributed by atoms with E-state index in [1.807, 2.05) is 0 Å². The molecule has 0 bridgehead atoms. The molecule has 52 heavy (non-hydrogen) atoms. The Morgan fingerprint density at radius 2 is 0.788 bits per heavy atom.